The van der Waals surface area contributed by atoms with E-state index < -0.39 is 0 Å². The lowest BCUT2D eigenvalue weighted by Gasteiger charge is -2.35. The summed E-state index contributed by atoms with van der Waals surface area (Å²) in [6.07, 6.45) is 4.11. The number of nitrogens with zero attached hydrogens (tertiary/aromatic N) is 1. The molecule has 3 nitrogen and oxygen atoms in total. The van der Waals surface area contributed by atoms with Crippen LogP contribution in [0, 0.1) is 5.92 Å². The zero-order valence-corrected chi connectivity index (χ0v) is 12.5. The highest BCUT2D eigenvalue weighted by Gasteiger charge is 2.26. The molecule has 0 amide bonds. The fraction of sp³-hybridized carbons (Fsp3) is 1.00. The standard InChI is InChI=1S/C14H27ClN2O/c1-11(2)17-6-7-18-13(10-17)9-16-8-12-4-3-5-14(12)15/h11-14,16H,3-10H2,1-2H3. The second-order valence-electron chi connectivity index (χ2n) is 5.95. The van der Waals surface area contributed by atoms with Crippen molar-refractivity contribution in [3.8, 4) is 0 Å². The highest BCUT2D eigenvalue weighted by molar-refractivity contribution is 6.20. The van der Waals surface area contributed by atoms with Crippen LogP contribution in [0.25, 0.3) is 0 Å². The van der Waals surface area contributed by atoms with Crippen LogP contribution >= 0.6 is 11.6 Å². The minimum Gasteiger partial charge on any atom is -0.374 e. The molecule has 1 saturated heterocycles. The normalized spacial score (nSPS) is 34.3. The van der Waals surface area contributed by atoms with Crippen molar-refractivity contribution in [2.45, 2.75) is 50.6 Å². The lowest BCUT2D eigenvalue weighted by atomic mass is 10.1. The van der Waals surface area contributed by atoms with Gasteiger partial charge < -0.3 is 10.1 Å². The van der Waals surface area contributed by atoms with Gasteiger partial charge in [0.25, 0.3) is 0 Å². The second-order valence-corrected chi connectivity index (χ2v) is 6.51. The molecule has 3 atom stereocenters. The molecule has 1 aliphatic carbocycles. The molecule has 2 rings (SSSR count). The molecule has 0 aromatic rings. The van der Waals surface area contributed by atoms with Crippen LogP contribution < -0.4 is 5.32 Å². The Hall–Kier alpha value is 0.170. The van der Waals surface area contributed by atoms with Gasteiger partial charge in [0.05, 0.1) is 12.7 Å². The first-order chi connectivity index (χ1) is 8.66. The van der Waals surface area contributed by atoms with Crippen molar-refractivity contribution in [1.29, 1.82) is 0 Å². The van der Waals surface area contributed by atoms with Gasteiger partial charge in [-0.1, -0.05) is 6.42 Å². The summed E-state index contributed by atoms with van der Waals surface area (Å²) in [5.74, 6) is 0.663. The van der Waals surface area contributed by atoms with Crippen molar-refractivity contribution in [1.82, 2.24) is 10.2 Å². The summed E-state index contributed by atoms with van der Waals surface area (Å²) in [6, 6.07) is 0.624. The molecule has 3 unspecified atom stereocenters. The van der Waals surface area contributed by atoms with Gasteiger partial charge in [0.2, 0.25) is 0 Å². The number of halogens is 1. The maximum Gasteiger partial charge on any atom is 0.0826 e. The molecule has 0 aromatic heterocycles. The molecule has 2 aliphatic rings. The van der Waals surface area contributed by atoms with E-state index >= 15 is 0 Å². The number of rotatable bonds is 5. The van der Waals surface area contributed by atoms with Crippen LogP contribution in [0.15, 0.2) is 0 Å². The van der Waals surface area contributed by atoms with Crippen molar-refractivity contribution in [3.05, 3.63) is 0 Å². The molecule has 106 valence electrons. The Bertz CT molecular complexity index is 250. The first-order valence-electron chi connectivity index (χ1n) is 7.37. The van der Waals surface area contributed by atoms with Crippen molar-refractivity contribution < 1.29 is 4.74 Å². The number of hydrogen-bond donors (Lipinski definition) is 1. The highest BCUT2D eigenvalue weighted by Crippen LogP contribution is 2.29. The van der Waals surface area contributed by atoms with E-state index in [-0.39, 0.29) is 0 Å². The van der Waals surface area contributed by atoms with Gasteiger partial charge in [0.15, 0.2) is 0 Å². The van der Waals surface area contributed by atoms with Gasteiger partial charge >= 0.3 is 0 Å². The molecule has 0 bridgehead atoms. The van der Waals surface area contributed by atoms with E-state index in [4.69, 9.17) is 16.3 Å². The zero-order valence-electron chi connectivity index (χ0n) is 11.7. The molecule has 4 heteroatoms. The van der Waals surface area contributed by atoms with Crippen LogP contribution in [-0.2, 0) is 4.74 Å². The predicted octanol–water partition coefficient (Wildman–Crippen LogP) is 2.09. The predicted molar refractivity (Wildman–Crippen MR) is 76.3 cm³/mol. The topological polar surface area (TPSA) is 24.5 Å². The van der Waals surface area contributed by atoms with Crippen LogP contribution in [0.4, 0.5) is 0 Å². The number of alkyl halides is 1. The Labute approximate surface area is 116 Å². The maximum atomic E-state index is 6.28. The number of hydrogen-bond acceptors (Lipinski definition) is 3. The van der Waals surface area contributed by atoms with Gasteiger partial charge in [0, 0.05) is 31.1 Å². The SMILES string of the molecule is CC(C)N1CCOC(CNCC2CCCC2Cl)C1. The summed E-state index contributed by atoms with van der Waals surface area (Å²) in [4.78, 5) is 2.50. The Morgan fingerprint density at radius 1 is 1.33 bits per heavy atom. The molecular weight excluding hydrogens is 248 g/mol. The van der Waals surface area contributed by atoms with Gasteiger partial charge in [-0.2, -0.15) is 0 Å². The van der Waals surface area contributed by atoms with Crippen molar-refractivity contribution in [2.24, 2.45) is 5.92 Å². The Balaban J connectivity index is 1.64. The molecule has 0 spiro atoms. The third-order valence-corrected chi connectivity index (χ3v) is 4.82. The third-order valence-electron chi connectivity index (χ3n) is 4.25. The number of nitrogens with one attached hydrogen (secondary N) is 1. The fourth-order valence-electron chi connectivity index (χ4n) is 2.99. The average Bonchev–Trinajstić information content (AvgIpc) is 2.76. The molecule has 1 saturated carbocycles. The lowest BCUT2D eigenvalue weighted by Crippen LogP contribution is -2.49. The van der Waals surface area contributed by atoms with Crippen LogP contribution in [-0.4, -0.2) is 55.2 Å². The molecule has 0 aromatic carbocycles. The molecule has 1 aliphatic heterocycles. The molecule has 18 heavy (non-hydrogen) atoms. The van der Waals surface area contributed by atoms with E-state index in [1.807, 2.05) is 0 Å². The van der Waals surface area contributed by atoms with Gasteiger partial charge in [-0.05, 0) is 39.2 Å². The van der Waals surface area contributed by atoms with E-state index in [1.165, 1.54) is 19.3 Å². The van der Waals surface area contributed by atoms with E-state index in [0.717, 1.165) is 32.8 Å². The monoisotopic (exact) mass is 274 g/mol. The number of ether oxygens (including phenoxy) is 1. The van der Waals surface area contributed by atoms with Crippen molar-refractivity contribution in [2.75, 3.05) is 32.8 Å². The molecule has 1 heterocycles. The summed E-state index contributed by atoms with van der Waals surface area (Å²) in [5.41, 5.74) is 0. The van der Waals surface area contributed by atoms with E-state index in [0.29, 0.717) is 23.4 Å². The fourth-order valence-corrected chi connectivity index (χ4v) is 3.36. The molecule has 0 radical (unpaired) electrons. The van der Waals surface area contributed by atoms with Crippen LogP contribution in [0.1, 0.15) is 33.1 Å². The minimum absolute atomic E-state index is 0.344. The smallest absolute Gasteiger partial charge is 0.0826 e. The largest absolute Gasteiger partial charge is 0.374 e. The quantitative estimate of drug-likeness (QED) is 0.777. The van der Waals surface area contributed by atoms with Crippen molar-refractivity contribution >= 4 is 11.6 Å². The van der Waals surface area contributed by atoms with Gasteiger partial charge in [-0.3, -0.25) is 4.90 Å². The molecule has 1 N–H and O–H groups in total. The van der Waals surface area contributed by atoms with E-state index in [9.17, 15) is 0 Å². The summed E-state index contributed by atoms with van der Waals surface area (Å²) in [6.45, 7) is 9.52. The summed E-state index contributed by atoms with van der Waals surface area (Å²) in [7, 11) is 0. The summed E-state index contributed by atoms with van der Waals surface area (Å²) in [5, 5.41) is 3.94. The van der Waals surface area contributed by atoms with Gasteiger partial charge in [-0.25, -0.2) is 0 Å². The second kappa shape index (κ2) is 7.09. The van der Waals surface area contributed by atoms with Crippen LogP contribution in [0.2, 0.25) is 0 Å². The zero-order chi connectivity index (χ0) is 13.0. The maximum absolute atomic E-state index is 6.28. The van der Waals surface area contributed by atoms with Gasteiger partial charge in [0.1, 0.15) is 0 Å². The summed E-state index contributed by atoms with van der Waals surface area (Å²) < 4.78 is 5.81. The molecule has 2 fully saturated rings. The Morgan fingerprint density at radius 2 is 2.17 bits per heavy atom. The van der Waals surface area contributed by atoms with Crippen LogP contribution in [0.5, 0.6) is 0 Å². The lowest BCUT2D eigenvalue weighted by molar-refractivity contribution is -0.0373. The minimum atomic E-state index is 0.344. The summed E-state index contributed by atoms with van der Waals surface area (Å²) >= 11 is 6.28. The molecular formula is C14H27ClN2O. The Kier molecular flexibility index (Phi) is 5.74. The first-order valence-corrected chi connectivity index (χ1v) is 7.81. The van der Waals surface area contributed by atoms with E-state index in [1.54, 1.807) is 0 Å². The van der Waals surface area contributed by atoms with Crippen LogP contribution in [0.3, 0.4) is 0 Å². The van der Waals surface area contributed by atoms with E-state index in [2.05, 4.69) is 24.1 Å². The number of morpholine rings is 1. The van der Waals surface area contributed by atoms with Gasteiger partial charge in [-0.15, -0.1) is 11.6 Å². The third kappa shape index (κ3) is 4.09. The Morgan fingerprint density at radius 3 is 2.83 bits per heavy atom. The average molecular weight is 275 g/mol. The van der Waals surface area contributed by atoms with Crippen molar-refractivity contribution in [3.63, 3.8) is 0 Å². The highest BCUT2D eigenvalue weighted by atomic mass is 35.5. The first kappa shape index (κ1) is 14.6.